The van der Waals surface area contributed by atoms with Gasteiger partial charge in [-0.3, -0.25) is 0 Å². The number of hydrogen-bond donors (Lipinski definition) is 1. The Morgan fingerprint density at radius 2 is 2.15 bits per heavy atom. The van der Waals surface area contributed by atoms with Crippen LogP contribution in [-0.2, 0) is 6.54 Å². The van der Waals surface area contributed by atoms with Crippen LogP contribution in [0.5, 0.6) is 0 Å². The van der Waals surface area contributed by atoms with Crippen molar-refractivity contribution in [2.45, 2.75) is 6.54 Å². The van der Waals surface area contributed by atoms with Gasteiger partial charge < -0.3 is 15.0 Å². The summed E-state index contributed by atoms with van der Waals surface area (Å²) in [7, 11) is 1.84. The van der Waals surface area contributed by atoms with E-state index in [2.05, 4.69) is 9.97 Å². The minimum atomic E-state index is -0.234. The summed E-state index contributed by atoms with van der Waals surface area (Å²) in [6.07, 6.45) is 5.17. The van der Waals surface area contributed by atoms with Crippen molar-refractivity contribution in [1.82, 2.24) is 14.4 Å². The fourth-order valence-corrected chi connectivity index (χ4v) is 2.15. The molecule has 2 aromatic heterocycles. The number of nitrogens with zero attached hydrogens (tertiary/aromatic N) is 4. The van der Waals surface area contributed by atoms with Crippen molar-refractivity contribution in [2.75, 3.05) is 17.7 Å². The largest absolute Gasteiger partial charge is 0.382 e. The Bertz CT molecular complexity index is 752. The summed E-state index contributed by atoms with van der Waals surface area (Å²) < 4.78 is 15.5. The molecule has 3 rings (SSSR count). The number of nitrogen functional groups attached to an aromatic ring is 1. The highest BCUT2D eigenvalue weighted by atomic mass is 19.1. The second kappa shape index (κ2) is 4.80. The predicted molar refractivity (Wildman–Crippen MR) is 75.9 cm³/mol. The van der Waals surface area contributed by atoms with Gasteiger partial charge in [-0.25, -0.2) is 14.4 Å². The molecule has 2 N–H and O–H groups in total. The van der Waals surface area contributed by atoms with Crippen LogP contribution in [0.4, 0.5) is 16.0 Å². The van der Waals surface area contributed by atoms with E-state index in [9.17, 15) is 4.39 Å². The molecule has 0 fully saturated rings. The van der Waals surface area contributed by atoms with Gasteiger partial charge in [0, 0.05) is 31.5 Å². The first kappa shape index (κ1) is 12.4. The summed E-state index contributed by atoms with van der Waals surface area (Å²) >= 11 is 0. The van der Waals surface area contributed by atoms with Crippen LogP contribution in [0.1, 0.15) is 5.56 Å². The SMILES string of the molecule is CN(Cc1ccccc1F)c1nc(N)cn2ccnc12. The zero-order valence-electron chi connectivity index (χ0n) is 11.0. The summed E-state index contributed by atoms with van der Waals surface area (Å²) in [5.74, 6) is 0.784. The van der Waals surface area contributed by atoms with Gasteiger partial charge in [-0.1, -0.05) is 18.2 Å². The Morgan fingerprint density at radius 3 is 2.95 bits per heavy atom. The second-order valence-corrected chi connectivity index (χ2v) is 4.59. The number of imidazole rings is 1. The number of benzene rings is 1. The molecule has 0 bridgehead atoms. The average Bonchev–Trinajstić information content (AvgIpc) is 2.88. The Balaban J connectivity index is 1.98. The van der Waals surface area contributed by atoms with E-state index in [1.165, 1.54) is 6.07 Å². The van der Waals surface area contributed by atoms with Crippen LogP contribution < -0.4 is 10.6 Å². The Kier molecular flexibility index (Phi) is 2.98. The van der Waals surface area contributed by atoms with Crippen LogP contribution in [0.15, 0.2) is 42.9 Å². The summed E-state index contributed by atoms with van der Waals surface area (Å²) in [5, 5.41) is 0. The number of fused-ring (bicyclic) bond motifs is 1. The first-order valence-corrected chi connectivity index (χ1v) is 6.19. The van der Waals surface area contributed by atoms with Crippen LogP contribution in [0.3, 0.4) is 0 Å². The van der Waals surface area contributed by atoms with Crippen molar-refractivity contribution >= 4 is 17.3 Å². The topological polar surface area (TPSA) is 59.5 Å². The van der Waals surface area contributed by atoms with Crippen LogP contribution in [0.25, 0.3) is 5.65 Å². The molecule has 0 aliphatic rings. The zero-order chi connectivity index (χ0) is 14.1. The molecule has 1 aromatic carbocycles. The molecule has 0 saturated heterocycles. The number of halogens is 1. The van der Waals surface area contributed by atoms with E-state index in [1.807, 2.05) is 18.0 Å². The fraction of sp³-hybridized carbons (Fsp3) is 0.143. The summed E-state index contributed by atoms with van der Waals surface area (Å²) in [4.78, 5) is 10.4. The van der Waals surface area contributed by atoms with E-state index in [0.29, 0.717) is 29.4 Å². The van der Waals surface area contributed by atoms with E-state index in [1.54, 1.807) is 35.1 Å². The third kappa shape index (κ3) is 2.16. The third-order valence-corrected chi connectivity index (χ3v) is 3.10. The standard InChI is InChI=1S/C14H14FN5/c1-19(8-10-4-2-3-5-11(10)15)14-13-17-6-7-20(13)9-12(16)18-14/h2-7,9H,8,16H2,1H3. The van der Waals surface area contributed by atoms with Gasteiger partial charge in [0.15, 0.2) is 11.5 Å². The predicted octanol–water partition coefficient (Wildman–Crippen LogP) is 2.09. The number of hydrogen-bond acceptors (Lipinski definition) is 4. The maximum atomic E-state index is 13.7. The molecular formula is C14H14FN5. The molecule has 20 heavy (non-hydrogen) atoms. The third-order valence-electron chi connectivity index (χ3n) is 3.10. The van der Waals surface area contributed by atoms with E-state index in [4.69, 9.17) is 5.73 Å². The molecule has 2 heterocycles. The maximum Gasteiger partial charge on any atom is 0.180 e. The molecule has 0 amide bonds. The molecule has 0 saturated carbocycles. The highest BCUT2D eigenvalue weighted by Crippen LogP contribution is 2.20. The van der Waals surface area contributed by atoms with E-state index in [-0.39, 0.29) is 5.82 Å². The van der Waals surface area contributed by atoms with Crippen LogP contribution in [0, 0.1) is 5.82 Å². The molecular weight excluding hydrogens is 257 g/mol. The maximum absolute atomic E-state index is 13.7. The van der Waals surface area contributed by atoms with Crippen molar-refractivity contribution in [3.63, 3.8) is 0 Å². The van der Waals surface area contributed by atoms with E-state index < -0.39 is 0 Å². The van der Waals surface area contributed by atoms with E-state index >= 15 is 0 Å². The van der Waals surface area contributed by atoms with Crippen molar-refractivity contribution in [1.29, 1.82) is 0 Å². The van der Waals surface area contributed by atoms with Crippen LogP contribution >= 0.6 is 0 Å². The molecule has 0 radical (unpaired) electrons. The molecule has 5 nitrogen and oxygen atoms in total. The van der Waals surface area contributed by atoms with Crippen molar-refractivity contribution in [3.8, 4) is 0 Å². The molecule has 0 unspecified atom stereocenters. The summed E-state index contributed by atoms with van der Waals surface area (Å²) in [5.41, 5.74) is 7.08. The minimum Gasteiger partial charge on any atom is -0.382 e. The van der Waals surface area contributed by atoms with Gasteiger partial charge in [-0.2, -0.15) is 0 Å². The van der Waals surface area contributed by atoms with Gasteiger partial charge in [0.05, 0.1) is 6.20 Å². The zero-order valence-corrected chi connectivity index (χ0v) is 11.0. The van der Waals surface area contributed by atoms with Crippen LogP contribution in [0.2, 0.25) is 0 Å². The highest BCUT2D eigenvalue weighted by Gasteiger charge is 2.12. The van der Waals surface area contributed by atoms with Gasteiger partial charge in [-0.05, 0) is 6.07 Å². The molecule has 0 aliphatic heterocycles. The Hall–Kier alpha value is -2.63. The lowest BCUT2D eigenvalue weighted by molar-refractivity contribution is 0.607. The highest BCUT2D eigenvalue weighted by molar-refractivity contribution is 5.66. The van der Waals surface area contributed by atoms with Crippen molar-refractivity contribution in [3.05, 3.63) is 54.2 Å². The normalized spacial score (nSPS) is 10.9. The first-order valence-electron chi connectivity index (χ1n) is 6.19. The minimum absolute atomic E-state index is 0.234. The van der Waals surface area contributed by atoms with Gasteiger partial charge in [0.25, 0.3) is 0 Å². The van der Waals surface area contributed by atoms with Gasteiger partial charge >= 0.3 is 0 Å². The second-order valence-electron chi connectivity index (χ2n) is 4.59. The Labute approximate surface area is 115 Å². The average molecular weight is 271 g/mol. The summed E-state index contributed by atoms with van der Waals surface area (Å²) in [6, 6.07) is 6.68. The Morgan fingerprint density at radius 1 is 1.35 bits per heavy atom. The van der Waals surface area contributed by atoms with Crippen LogP contribution in [-0.4, -0.2) is 21.4 Å². The first-order chi connectivity index (χ1) is 9.65. The smallest absolute Gasteiger partial charge is 0.180 e. The van der Waals surface area contributed by atoms with Gasteiger partial charge in [-0.15, -0.1) is 0 Å². The monoisotopic (exact) mass is 271 g/mol. The number of anilines is 2. The van der Waals surface area contributed by atoms with Gasteiger partial charge in [0.2, 0.25) is 0 Å². The molecule has 0 spiro atoms. The molecule has 0 atom stereocenters. The van der Waals surface area contributed by atoms with Crippen molar-refractivity contribution in [2.24, 2.45) is 0 Å². The van der Waals surface area contributed by atoms with E-state index in [0.717, 1.165) is 0 Å². The molecule has 0 aliphatic carbocycles. The van der Waals surface area contributed by atoms with Gasteiger partial charge in [0.1, 0.15) is 11.6 Å². The molecule has 6 heteroatoms. The summed E-state index contributed by atoms with van der Waals surface area (Å²) in [6.45, 7) is 0.394. The lowest BCUT2D eigenvalue weighted by atomic mass is 10.2. The number of aromatic nitrogens is 3. The molecule has 102 valence electrons. The quantitative estimate of drug-likeness (QED) is 0.792. The number of rotatable bonds is 3. The number of nitrogens with two attached hydrogens (primary N) is 1. The molecule has 3 aromatic rings. The lowest BCUT2D eigenvalue weighted by Gasteiger charge is -2.19. The fourth-order valence-electron chi connectivity index (χ4n) is 2.15. The van der Waals surface area contributed by atoms with Crippen molar-refractivity contribution < 1.29 is 4.39 Å². The lowest BCUT2D eigenvalue weighted by Crippen LogP contribution is -2.20.